The zero-order valence-corrected chi connectivity index (χ0v) is 19.4. The third-order valence-electron chi connectivity index (χ3n) is 6.70. The molecule has 8 heteroatoms. The first-order valence-corrected chi connectivity index (χ1v) is 11.5. The van der Waals surface area contributed by atoms with Crippen LogP contribution in [0.3, 0.4) is 0 Å². The van der Waals surface area contributed by atoms with E-state index in [9.17, 15) is 18.3 Å². The Balaban J connectivity index is 1.55. The highest BCUT2D eigenvalue weighted by Crippen LogP contribution is 2.35. The first-order valence-electron chi connectivity index (χ1n) is 11.5. The van der Waals surface area contributed by atoms with Gasteiger partial charge in [0.1, 0.15) is 11.6 Å². The van der Waals surface area contributed by atoms with Crippen molar-refractivity contribution in [3.8, 4) is 22.7 Å². The second-order valence-electron chi connectivity index (χ2n) is 9.56. The summed E-state index contributed by atoms with van der Waals surface area (Å²) in [6, 6.07) is 11.3. The maximum Gasteiger partial charge on any atom is 0.387 e. The Kier molecular flexibility index (Phi) is 7.28. The number of nitrogens with zero attached hydrogens (tertiary/aromatic N) is 3. The summed E-state index contributed by atoms with van der Waals surface area (Å²) < 4.78 is 46.3. The molecule has 2 aromatic carbocycles. The fourth-order valence-electron chi connectivity index (χ4n) is 4.48. The first kappa shape index (κ1) is 24.3. The largest absolute Gasteiger partial charge is 0.434 e. The predicted molar refractivity (Wildman–Crippen MR) is 124 cm³/mol. The van der Waals surface area contributed by atoms with Crippen LogP contribution in [0.15, 0.2) is 55.0 Å². The molecule has 182 valence electrons. The fraction of sp³-hybridized carbons (Fsp3) is 0.423. The molecule has 34 heavy (non-hydrogen) atoms. The SMILES string of the molecule is CC(C)(CO)[C@H]1CCCN(Cc2ccc(-c3cn(-c4ccc(F)cc4)cn3)cc2OC(F)F)C1. The van der Waals surface area contributed by atoms with E-state index in [1.807, 2.05) is 12.1 Å². The normalized spacial score (nSPS) is 17.3. The number of hydrogen-bond donors (Lipinski definition) is 1. The van der Waals surface area contributed by atoms with Crippen molar-refractivity contribution in [1.29, 1.82) is 0 Å². The van der Waals surface area contributed by atoms with Gasteiger partial charge in [-0.15, -0.1) is 0 Å². The van der Waals surface area contributed by atoms with Gasteiger partial charge in [-0.3, -0.25) is 4.90 Å². The molecule has 5 nitrogen and oxygen atoms in total. The van der Waals surface area contributed by atoms with Crippen molar-refractivity contribution >= 4 is 0 Å². The quantitative estimate of drug-likeness (QED) is 0.469. The monoisotopic (exact) mass is 473 g/mol. The minimum atomic E-state index is -2.94. The molecule has 0 spiro atoms. The molecule has 1 aliphatic heterocycles. The number of ether oxygens (including phenoxy) is 1. The molecule has 3 aromatic rings. The van der Waals surface area contributed by atoms with Gasteiger partial charge in [-0.05, 0) is 61.1 Å². The molecule has 4 rings (SSSR count). The Morgan fingerprint density at radius 1 is 1.18 bits per heavy atom. The third-order valence-corrected chi connectivity index (χ3v) is 6.70. The first-order chi connectivity index (χ1) is 16.2. The summed E-state index contributed by atoms with van der Waals surface area (Å²) in [6.45, 7) is 3.46. The molecule has 0 amide bonds. The van der Waals surface area contributed by atoms with Crippen LogP contribution in [0.25, 0.3) is 16.9 Å². The van der Waals surface area contributed by atoms with Crippen molar-refractivity contribution in [2.24, 2.45) is 11.3 Å². The molecule has 1 fully saturated rings. The Hall–Kier alpha value is -2.84. The van der Waals surface area contributed by atoms with Gasteiger partial charge in [0.2, 0.25) is 0 Å². The summed E-state index contributed by atoms with van der Waals surface area (Å²) in [4.78, 5) is 6.63. The van der Waals surface area contributed by atoms with Crippen LogP contribution in [0.1, 0.15) is 32.3 Å². The molecule has 0 saturated carbocycles. The van der Waals surface area contributed by atoms with Gasteiger partial charge in [0.05, 0.1) is 12.0 Å². The zero-order chi connectivity index (χ0) is 24.3. The second kappa shape index (κ2) is 10.2. The van der Waals surface area contributed by atoms with Gasteiger partial charge in [0.15, 0.2) is 0 Å². The van der Waals surface area contributed by atoms with Crippen LogP contribution in [0.2, 0.25) is 0 Å². The lowest BCUT2D eigenvalue weighted by molar-refractivity contribution is -0.0509. The summed E-state index contributed by atoms with van der Waals surface area (Å²) in [5.74, 6) is 0.140. The number of likely N-dealkylation sites (tertiary alicyclic amines) is 1. The van der Waals surface area contributed by atoms with Crippen LogP contribution in [-0.4, -0.2) is 45.9 Å². The molecule has 1 aromatic heterocycles. The molecule has 1 saturated heterocycles. The topological polar surface area (TPSA) is 50.5 Å². The lowest BCUT2D eigenvalue weighted by Gasteiger charge is -2.40. The molecule has 1 atom stereocenters. The average Bonchev–Trinajstić information content (AvgIpc) is 3.31. The van der Waals surface area contributed by atoms with Crippen LogP contribution in [-0.2, 0) is 6.54 Å². The molecule has 1 N–H and O–H groups in total. The van der Waals surface area contributed by atoms with Crippen molar-refractivity contribution in [2.45, 2.75) is 39.8 Å². The summed E-state index contributed by atoms with van der Waals surface area (Å²) in [5.41, 5.74) is 2.49. The lowest BCUT2D eigenvalue weighted by Crippen LogP contribution is -2.42. The summed E-state index contributed by atoms with van der Waals surface area (Å²) in [7, 11) is 0. The molecule has 0 aliphatic carbocycles. The minimum absolute atomic E-state index is 0.116. The van der Waals surface area contributed by atoms with Crippen LogP contribution in [0, 0.1) is 17.2 Å². The van der Waals surface area contributed by atoms with Crippen LogP contribution < -0.4 is 4.74 Å². The van der Waals surface area contributed by atoms with E-state index in [2.05, 4.69) is 23.7 Å². The highest BCUT2D eigenvalue weighted by atomic mass is 19.3. The van der Waals surface area contributed by atoms with E-state index in [0.29, 0.717) is 29.3 Å². The molecule has 0 radical (unpaired) electrons. The van der Waals surface area contributed by atoms with Crippen LogP contribution >= 0.6 is 0 Å². The Morgan fingerprint density at radius 2 is 1.94 bits per heavy atom. The zero-order valence-electron chi connectivity index (χ0n) is 19.4. The maximum atomic E-state index is 13.2. The molecule has 0 unspecified atom stereocenters. The standard InChI is InChI=1S/C26H30F3N3O2/c1-26(2,16-33)20-4-3-11-31(14-20)13-19-6-5-18(12-24(19)34-25(28)29)23-15-32(17-30-23)22-9-7-21(27)8-10-22/h5-10,12,15,17,20,25,33H,3-4,11,13-14,16H2,1-2H3/t20-/m0/s1. The Morgan fingerprint density at radius 3 is 2.65 bits per heavy atom. The average molecular weight is 474 g/mol. The van der Waals surface area contributed by atoms with Crippen molar-refractivity contribution in [2.75, 3.05) is 19.7 Å². The molecule has 1 aliphatic rings. The van der Waals surface area contributed by atoms with E-state index in [0.717, 1.165) is 31.6 Å². The second-order valence-corrected chi connectivity index (χ2v) is 9.56. The molecular weight excluding hydrogens is 443 g/mol. The molecule has 0 bridgehead atoms. The highest BCUT2D eigenvalue weighted by molar-refractivity contribution is 5.62. The molecular formula is C26H30F3N3O2. The van der Waals surface area contributed by atoms with Gasteiger partial charge >= 0.3 is 6.61 Å². The van der Waals surface area contributed by atoms with E-state index in [1.165, 1.54) is 12.1 Å². The lowest BCUT2D eigenvalue weighted by atomic mass is 9.75. The van der Waals surface area contributed by atoms with Gasteiger partial charge in [0.25, 0.3) is 0 Å². The van der Waals surface area contributed by atoms with E-state index >= 15 is 0 Å². The van der Waals surface area contributed by atoms with Crippen LogP contribution in [0.5, 0.6) is 5.75 Å². The summed E-state index contributed by atoms with van der Waals surface area (Å²) in [5, 5.41) is 9.74. The number of benzene rings is 2. The van der Waals surface area contributed by atoms with Crippen molar-refractivity contribution in [3.05, 3.63) is 66.4 Å². The summed E-state index contributed by atoms with van der Waals surface area (Å²) in [6.07, 6.45) is 5.40. The minimum Gasteiger partial charge on any atom is -0.434 e. The van der Waals surface area contributed by atoms with Gasteiger partial charge < -0.3 is 14.4 Å². The Labute approximate surface area is 197 Å². The number of aromatic nitrogens is 2. The van der Waals surface area contributed by atoms with E-state index in [4.69, 9.17) is 4.74 Å². The molecule has 2 heterocycles. The van der Waals surface area contributed by atoms with Crippen molar-refractivity contribution in [1.82, 2.24) is 14.5 Å². The van der Waals surface area contributed by atoms with E-state index in [1.54, 1.807) is 35.3 Å². The maximum absolute atomic E-state index is 13.2. The van der Waals surface area contributed by atoms with E-state index < -0.39 is 6.61 Å². The van der Waals surface area contributed by atoms with Crippen molar-refractivity contribution in [3.63, 3.8) is 0 Å². The number of aliphatic hydroxyl groups is 1. The third kappa shape index (κ3) is 5.62. The highest BCUT2D eigenvalue weighted by Gasteiger charge is 2.33. The Bertz CT molecular complexity index is 1100. The van der Waals surface area contributed by atoms with Gasteiger partial charge in [0, 0.05) is 42.7 Å². The number of rotatable bonds is 8. The van der Waals surface area contributed by atoms with Gasteiger partial charge in [-0.1, -0.05) is 26.0 Å². The van der Waals surface area contributed by atoms with Gasteiger partial charge in [-0.2, -0.15) is 8.78 Å². The number of hydrogen-bond acceptors (Lipinski definition) is 4. The smallest absolute Gasteiger partial charge is 0.387 e. The number of imidazole rings is 1. The number of piperidine rings is 1. The summed E-state index contributed by atoms with van der Waals surface area (Å²) >= 11 is 0. The van der Waals surface area contributed by atoms with Crippen LogP contribution in [0.4, 0.5) is 13.2 Å². The van der Waals surface area contributed by atoms with E-state index in [-0.39, 0.29) is 23.6 Å². The number of aliphatic hydroxyl groups excluding tert-OH is 1. The predicted octanol–water partition coefficient (Wildman–Crippen LogP) is 5.51. The number of alkyl halides is 2. The fourth-order valence-corrected chi connectivity index (χ4v) is 4.48. The van der Waals surface area contributed by atoms with Crippen molar-refractivity contribution < 1.29 is 23.0 Å². The number of halogens is 3. The van der Waals surface area contributed by atoms with Gasteiger partial charge in [-0.25, -0.2) is 9.37 Å².